The number of hydrogen-bond acceptors (Lipinski definition) is 1. The maximum Gasteiger partial charge on any atom is 0.0850 e. The van der Waals surface area contributed by atoms with Crippen LogP contribution in [0.15, 0.2) is 54.6 Å². The molecule has 0 bridgehead atoms. The van der Waals surface area contributed by atoms with Crippen molar-refractivity contribution in [3.63, 3.8) is 0 Å². The lowest BCUT2D eigenvalue weighted by Gasteiger charge is -2.03. The molecule has 0 aliphatic carbocycles. The molecule has 0 spiro atoms. The Bertz CT molecular complexity index is 503. The third-order valence-electron chi connectivity index (χ3n) is 3.41. The molecule has 19 heavy (non-hydrogen) atoms. The van der Waals surface area contributed by atoms with Crippen molar-refractivity contribution < 1.29 is 4.74 Å². The Morgan fingerprint density at radius 3 is 2.37 bits per heavy atom. The van der Waals surface area contributed by atoms with Crippen molar-refractivity contribution in [2.75, 3.05) is 6.61 Å². The molecule has 1 unspecified atom stereocenters. The Morgan fingerprint density at radius 1 is 0.947 bits per heavy atom. The average molecular weight is 266 g/mol. The van der Waals surface area contributed by atoms with E-state index in [9.17, 15) is 0 Å². The van der Waals surface area contributed by atoms with Crippen LogP contribution >= 0.6 is 0 Å². The molecule has 96 valence electrons. The van der Waals surface area contributed by atoms with E-state index < -0.39 is 0 Å². The van der Waals surface area contributed by atoms with Crippen LogP contribution in [0, 0.1) is 0 Å². The van der Waals surface area contributed by atoms with Gasteiger partial charge < -0.3 is 4.74 Å². The molecule has 0 amide bonds. The minimum Gasteiger partial charge on any atom is -0.373 e. The van der Waals surface area contributed by atoms with Gasteiger partial charge in [0, 0.05) is 6.42 Å². The smallest absolute Gasteiger partial charge is 0.0850 e. The second-order valence-corrected chi connectivity index (χ2v) is 6.45. The second-order valence-electron chi connectivity index (χ2n) is 5.02. The van der Waals surface area contributed by atoms with Crippen LogP contribution in [0.3, 0.4) is 0 Å². The first-order valence-electron chi connectivity index (χ1n) is 6.88. The number of benzene rings is 2. The Labute approximate surface area is 117 Å². The van der Waals surface area contributed by atoms with Gasteiger partial charge in [0.25, 0.3) is 0 Å². The van der Waals surface area contributed by atoms with Crippen LogP contribution < -0.4 is 5.19 Å². The number of aryl methyl sites for hydroxylation is 1. The summed E-state index contributed by atoms with van der Waals surface area (Å²) in [7, 11) is 0.907. The molecule has 2 radical (unpaired) electrons. The molecule has 1 nitrogen and oxygen atoms in total. The highest BCUT2D eigenvalue weighted by Crippen LogP contribution is 2.15. The lowest BCUT2D eigenvalue weighted by atomic mass is 10.1. The van der Waals surface area contributed by atoms with Crippen molar-refractivity contribution >= 4 is 14.7 Å². The van der Waals surface area contributed by atoms with E-state index in [0.29, 0.717) is 6.10 Å². The summed E-state index contributed by atoms with van der Waals surface area (Å²) in [5.41, 5.74) is 2.84. The molecule has 1 heterocycles. The maximum absolute atomic E-state index is 5.26. The van der Waals surface area contributed by atoms with Crippen LogP contribution in [0.4, 0.5) is 0 Å². The summed E-state index contributed by atoms with van der Waals surface area (Å²) in [5.74, 6) is 0. The van der Waals surface area contributed by atoms with Gasteiger partial charge in [0.2, 0.25) is 0 Å². The van der Waals surface area contributed by atoms with Gasteiger partial charge in [-0.15, -0.1) is 0 Å². The van der Waals surface area contributed by atoms with Crippen molar-refractivity contribution in [2.24, 2.45) is 0 Å². The number of epoxide rings is 1. The predicted octanol–water partition coefficient (Wildman–Crippen LogP) is 2.62. The van der Waals surface area contributed by atoms with E-state index >= 15 is 0 Å². The highest BCUT2D eigenvalue weighted by molar-refractivity contribution is 6.53. The van der Waals surface area contributed by atoms with Gasteiger partial charge in [-0.3, -0.25) is 0 Å². The fraction of sp³-hybridized carbons (Fsp3) is 0.294. The molecule has 1 aliphatic heterocycles. The SMILES string of the molecule is c1ccc(CC[Si]c2ccc(CC3CO3)cc2)cc1. The third kappa shape index (κ3) is 4.05. The van der Waals surface area contributed by atoms with E-state index in [0.717, 1.165) is 22.5 Å². The van der Waals surface area contributed by atoms with Crippen molar-refractivity contribution in [1.82, 2.24) is 0 Å². The van der Waals surface area contributed by atoms with Gasteiger partial charge in [0.15, 0.2) is 0 Å². The highest BCUT2D eigenvalue weighted by atomic mass is 28.2. The second kappa shape index (κ2) is 6.18. The van der Waals surface area contributed by atoms with Crippen LogP contribution in [-0.2, 0) is 17.6 Å². The van der Waals surface area contributed by atoms with Gasteiger partial charge >= 0.3 is 0 Å². The molecule has 1 fully saturated rings. The molecular formula is C17H18OSi. The van der Waals surface area contributed by atoms with Gasteiger partial charge in [0.1, 0.15) is 0 Å². The van der Waals surface area contributed by atoms with Gasteiger partial charge in [-0.25, -0.2) is 0 Å². The molecule has 0 N–H and O–H groups in total. The zero-order valence-corrected chi connectivity index (χ0v) is 12.0. The van der Waals surface area contributed by atoms with Gasteiger partial charge in [-0.2, -0.15) is 0 Å². The summed E-state index contributed by atoms with van der Waals surface area (Å²) < 4.78 is 5.26. The monoisotopic (exact) mass is 266 g/mol. The molecule has 2 heteroatoms. The Kier molecular flexibility index (Phi) is 4.11. The van der Waals surface area contributed by atoms with E-state index in [1.54, 1.807) is 0 Å². The third-order valence-corrected chi connectivity index (χ3v) is 4.65. The van der Waals surface area contributed by atoms with Crippen molar-refractivity contribution in [1.29, 1.82) is 0 Å². The average Bonchev–Trinajstić information content (AvgIpc) is 3.26. The zero-order chi connectivity index (χ0) is 12.9. The Balaban J connectivity index is 1.47. The summed E-state index contributed by atoms with van der Waals surface area (Å²) in [4.78, 5) is 0. The quantitative estimate of drug-likeness (QED) is 0.578. The molecule has 0 saturated carbocycles. The van der Waals surface area contributed by atoms with E-state index in [-0.39, 0.29) is 0 Å². The van der Waals surface area contributed by atoms with Crippen molar-refractivity contribution in [3.8, 4) is 0 Å². The topological polar surface area (TPSA) is 12.5 Å². The molecule has 1 saturated heterocycles. The fourth-order valence-electron chi connectivity index (χ4n) is 2.20. The molecule has 1 aliphatic rings. The highest BCUT2D eigenvalue weighted by Gasteiger charge is 2.22. The van der Waals surface area contributed by atoms with Crippen LogP contribution in [0.25, 0.3) is 0 Å². The van der Waals surface area contributed by atoms with Gasteiger partial charge in [-0.1, -0.05) is 65.8 Å². The summed E-state index contributed by atoms with van der Waals surface area (Å²) in [5, 5.41) is 1.47. The summed E-state index contributed by atoms with van der Waals surface area (Å²) >= 11 is 0. The first-order chi connectivity index (χ1) is 9.40. The Morgan fingerprint density at radius 2 is 1.68 bits per heavy atom. The van der Waals surface area contributed by atoms with Crippen LogP contribution in [-0.4, -0.2) is 22.2 Å². The van der Waals surface area contributed by atoms with Crippen molar-refractivity contribution in [3.05, 3.63) is 65.7 Å². The van der Waals surface area contributed by atoms with Crippen molar-refractivity contribution in [2.45, 2.75) is 25.0 Å². The summed E-state index contributed by atoms with van der Waals surface area (Å²) in [6.45, 7) is 0.945. The van der Waals surface area contributed by atoms with Crippen LogP contribution in [0.1, 0.15) is 11.1 Å². The van der Waals surface area contributed by atoms with E-state index in [1.807, 2.05) is 0 Å². The molecule has 1 atom stereocenters. The normalized spacial score (nSPS) is 17.4. The van der Waals surface area contributed by atoms with Crippen LogP contribution in [0.5, 0.6) is 0 Å². The van der Waals surface area contributed by atoms with Crippen LogP contribution in [0.2, 0.25) is 6.04 Å². The minimum absolute atomic E-state index is 0.492. The molecule has 2 aromatic carbocycles. The standard InChI is InChI=1S/C17H18OSi/c1-2-4-14(5-3-1)10-11-19-17-8-6-15(7-9-17)12-16-13-18-16/h1-9,16H,10-13H2. The zero-order valence-electron chi connectivity index (χ0n) is 11.0. The van der Waals surface area contributed by atoms with Gasteiger partial charge in [0.05, 0.1) is 22.2 Å². The van der Waals surface area contributed by atoms with E-state index in [2.05, 4.69) is 54.6 Å². The fourth-order valence-corrected chi connectivity index (χ4v) is 3.31. The summed E-state index contributed by atoms with van der Waals surface area (Å²) in [6, 6.07) is 21.1. The predicted molar refractivity (Wildman–Crippen MR) is 80.2 cm³/mol. The maximum atomic E-state index is 5.26. The molecule has 0 aromatic heterocycles. The summed E-state index contributed by atoms with van der Waals surface area (Å²) in [6.07, 6.45) is 2.75. The molecule has 2 aromatic rings. The number of rotatable bonds is 6. The minimum atomic E-state index is 0.492. The lowest BCUT2D eigenvalue weighted by molar-refractivity contribution is 0.407. The first kappa shape index (κ1) is 12.6. The van der Waals surface area contributed by atoms with E-state index in [4.69, 9.17) is 4.74 Å². The lowest BCUT2D eigenvalue weighted by Crippen LogP contribution is -2.14. The Hall–Kier alpha value is -1.38. The number of ether oxygens (including phenoxy) is 1. The molecular weight excluding hydrogens is 248 g/mol. The first-order valence-corrected chi connectivity index (χ1v) is 8.09. The number of hydrogen-bond donors (Lipinski definition) is 0. The largest absolute Gasteiger partial charge is 0.373 e. The van der Waals surface area contributed by atoms with E-state index in [1.165, 1.54) is 28.8 Å². The van der Waals surface area contributed by atoms with Gasteiger partial charge in [-0.05, 0) is 17.5 Å². The molecule has 3 rings (SSSR count).